The molecule has 1 aromatic rings. The molecule has 1 unspecified atom stereocenters. The van der Waals surface area contributed by atoms with E-state index in [0.717, 1.165) is 12.0 Å². The van der Waals surface area contributed by atoms with Crippen LogP contribution in [0.25, 0.3) is 0 Å². The van der Waals surface area contributed by atoms with Crippen molar-refractivity contribution in [1.29, 1.82) is 5.26 Å². The normalized spacial score (nSPS) is 12.8. The molecule has 0 spiro atoms. The molecule has 20 heavy (non-hydrogen) atoms. The van der Waals surface area contributed by atoms with Crippen molar-refractivity contribution >= 4 is 0 Å². The molecule has 0 aliphatic rings. The van der Waals surface area contributed by atoms with Crippen molar-refractivity contribution in [2.45, 2.75) is 39.8 Å². The van der Waals surface area contributed by atoms with Gasteiger partial charge in [0.05, 0.1) is 18.8 Å². The van der Waals surface area contributed by atoms with Crippen molar-refractivity contribution in [1.82, 2.24) is 5.32 Å². The van der Waals surface area contributed by atoms with Crippen LogP contribution < -0.4 is 10.1 Å². The summed E-state index contributed by atoms with van der Waals surface area (Å²) in [5.41, 5.74) is 1.69. The molecule has 2 N–H and O–H groups in total. The lowest BCUT2D eigenvalue weighted by atomic mass is 9.89. The molecule has 0 amide bonds. The Kier molecular flexibility index (Phi) is 6.00. The first-order valence-electron chi connectivity index (χ1n) is 6.81. The number of rotatable bonds is 6. The van der Waals surface area contributed by atoms with Gasteiger partial charge in [-0.05, 0) is 29.5 Å². The second-order valence-corrected chi connectivity index (χ2v) is 6.20. The Bertz CT molecular complexity index is 472. The van der Waals surface area contributed by atoms with Gasteiger partial charge in [0.2, 0.25) is 0 Å². The fraction of sp³-hybridized carbons (Fsp3) is 0.562. The minimum Gasteiger partial charge on any atom is -0.495 e. The zero-order valence-corrected chi connectivity index (χ0v) is 12.7. The first-order valence-corrected chi connectivity index (χ1v) is 6.81. The molecular weight excluding hydrogens is 252 g/mol. The van der Waals surface area contributed by atoms with Crippen LogP contribution >= 0.6 is 0 Å². The number of aliphatic hydroxyl groups is 1. The predicted molar refractivity (Wildman–Crippen MR) is 79.5 cm³/mol. The Morgan fingerprint density at radius 3 is 2.65 bits per heavy atom. The molecule has 110 valence electrons. The third kappa shape index (κ3) is 5.60. The van der Waals surface area contributed by atoms with E-state index in [9.17, 15) is 5.11 Å². The van der Waals surface area contributed by atoms with E-state index in [4.69, 9.17) is 10.00 Å². The smallest absolute Gasteiger partial charge is 0.136 e. The summed E-state index contributed by atoms with van der Waals surface area (Å²) in [6.45, 7) is 7.54. The van der Waals surface area contributed by atoms with E-state index in [2.05, 4.69) is 32.2 Å². The quantitative estimate of drug-likeness (QED) is 0.837. The van der Waals surface area contributed by atoms with Gasteiger partial charge in [-0.3, -0.25) is 0 Å². The first-order chi connectivity index (χ1) is 9.35. The van der Waals surface area contributed by atoms with E-state index in [0.29, 0.717) is 24.4 Å². The van der Waals surface area contributed by atoms with Crippen molar-refractivity contribution in [3.63, 3.8) is 0 Å². The summed E-state index contributed by atoms with van der Waals surface area (Å²) in [6, 6.07) is 7.58. The molecule has 0 aliphatic heterocycles. The highest BCUT2D eigenvalue weighted by Gasteiger charge is 2.16. The Morgan fingerprint density at radius 2 is 2.10 bits per heavy atom. The lowest BCUT2D eigenvalue weighted by Crippen LogP contribution is -2.29. The monoisotopic (exact) mass is 276 g/mol. The van der Waals surface area contributed by atoms with E-state index in [1.54, 1.807) is 13.2 Å². The average molecular weight is 276 g/mol. The summed E-state index contributed by atoms with van der Waals surface area (Å²) in [4.78, 5) is 0. The molecular formula is C16H24N2O2. The molecule has 4 heteroatoms. The van der Waals surface area contributed by atoms with Gasteiger partial charge in [-0.15, -0.1) is 0 Å². The van der Waals surface area contributed by atoms with Crippen LogP contribution in [-0.4, -0.2) is 24.9 Å². The number of benzene rings is 1. The number of nitrogens with one attached hydrogen (secondary N) is 1. The highest BCUT2D eigenvalue weighted by atomic mass is 16.5. The lowest BCUT2D eigenvalue weighted by Gasteiger charge is -2.22. The molecule has 0 bridgehead atoms. The Hall–Kier alpha value is -1.57. The van der Waals surface area contributed by atoms with E-state index in [1.165, 1.54) is 0 Å². The van der Waals surface area contributed by atoms with Gasteiger partial charge in [0.25, 0.3) is 0 Å². The summed E-state index contributed by atoms with van der Waals surface area (Å²) < 4.78 is 5.17. The average Bonchev–Trinajstić information content (AvgIpc) is 2.36. The van der Waals surface area contributed by atoms with Crippen LogP contribution in [0.5, 0.6) is 5.75 Å². The molecule has 0 fully saturated rings. The van der Waals surface area contributed by atoms with Crippen molar-refractivity contribution in [3.8, 4) is 11.8 Å². The Balaban J connectivity index is 2.49. The van der Waals surface area contributed by atoms with E-state index >= 15 is 0 Å². The van der Waals surface area contributed by atoms with Crippen molar-refractivity contribution in [2.75, 3.05) is 13.7 Å². The number of nitrogens with zero attached hydrogens (tertiary/aromatic N) is 1. The molecule has 4 nitrogen and oxygen atoms in total. The molecule has 0 aromatic heterocycles. The molecule has 0 radical (unpaired) electrons. The Morgan fingerprint density at radius 1 is 1.40 bits per heavy atom. The van der Waals surface area contributed by atoms with Crippen LogP contribution in [-0.2, 0) is 6.54 Å². The molecule has 0 aliphatic carbocycles. The summed E-state index contributed by atoms with van der Waals surface area (Å²) in [5, 5.41) is 22.1. The second-order valence-electron chi connectivity index (χ2n) is 6.20. The number of hydrogen-bond donors (Lipinski definition) is 2. The SMILES string of the molecule is COc1cc(CNCC(O)CC(C)(C)C)ccc1C#N. The zero-order valence-electron chi connectivity index (χ0n) is 12.7. The topological polar surface area (TPSA) is 65.3 Å². The number of methoxy groups -OCH3 is 1. The van der Waals surface area contributed by atoms with E-state index < -0.39 is 0 Å². The van der Waals surface area contributed by atoms with Gasteiger partial charge in [0, 0.05) is 13.1 Å². The van der Waals surface area contributed by atoms with Crippen LogP contribution in [0.4, 0.5) is 0 Å². The first kappa shape index (κ1) is 16.5. The molecule has 0 heterocycles. The molecule has 0 saturated heterocycles. The maximum absolute atomic E-state index is 9.92. The molecule has 1 atom stereocenters. The van der Waals surface area contributed by atoms with Gasteiger partial charge >= 0.3 is 0 Å². The minimum atomic E-state index is -0.352. The molecule has 1 rings (SSSR count). The Labute approximate surface area is 121 Å². The summed E-state index contributed by atoms with van der Waals surface area (Å²) >= 11 is 0. The van der Waals surface area contributed by atoms with Gasteiger partial charge in [0.1, 0.15) is 11.8 Å². The van der Waals surface area contributed by atoms with E-state index in [-0.39, 0.29) is 11.5 Å². The van der Waals surface area contributed by atoms with Gasteiger partial charge in [-0.2, -0.15) is 5.26 Å². The second kappa shape index (κ2) is 7.28. The predicted octanol–water partition coefficient (Wildman–Crippen LogP) is 2.45. The van der Waals surface area contributed by atoms with Crippen LogP contribution in [0.2, 0.25) is 0 Å². The van der Waals surface area contributed by atoms with Crippen LogP contribution in [0, 0.1) is 16.7 Å². The van der Waals surface area contributed by atoms with Gasteiger partial charge in [0.15, 0.2) is 0 Å². The number of ether oxygens (including phenoxy) is 1. The lowest BCUT2D eigenvalue weighted by molar-refractivity contribution is 0.119. The third-order valence-corrected chi connectivity index (χ3v) is 2.94. The van der Waals surface area contributed by atoms with E-state index in [1.807, 2.05) is 12.1 Å². The van der Waals surface area contributed by atoms with Crippen LogP contribution in [0.3, 0.4) is 0 Å². The maximum Gasteiger partial charge on any atom is 0.136 e. The fourth-order valence-corrected chi connectivity index (χ4v) is 2.10. The molecule has 0 saturated carbocycles. The van der Waals surface area contributed by atoms with Crippen LogP contribution in [0.15, 0.2) is 18.2 Å². The number of nitriles is 1. The highest BCUT2D eigenvalue weighted by molar-refractivity contribution is 5.45. The van der Waals surface area contributed by atoms with Gasteiger partial charge in [-0.25, -0.2) is 0 Å². The zero-order chi connectivity index (χ0) is 15.2. The number of aliphatic hydroxyl groups excluding tert-OH is 1. The summed E-state index contributed by atoms with van der Waals surface area (Å²) in [7, 11) is 1.56. The summed E-state index contributed by atoms with van der Waals surface area (Å²) in [6.07, 6.45) is 0.409. The third-order valence-electron chi connectivity index (χ3n) is 2.94. The van der Waals surface area contributed by atoms with Crippen molar-refractivity contribution in [2.24, 2.45) is 5.41 Å². The number of hydrogen-bond acceptors (Lipinski definition) is 4. The fourth-order valence-electron chi connectivity index (χ4n) is 2.10. The summed E-state index contributed by atoms with van der Waals surface area (Å²) in [5.74, 6) is 0.585. The maximum atomic E-state index is 9.92. The molecule has 1 aromatic carbocycles. The van der Waals surface area contributed by atoms with Crippen LogP contribution in [0.1, 0.15) is 38.3 Å². The van der Waals surface area contributed by atoms with Crippen molar-refractivity contribution in [3.05, 3.63) is 29.3 Å². The minimum absolute atomic E-state index is 0.124. The van der Waals surface area contributed by atoms with Gasteiger partial charge < -0.3 is 15.2 Å². The standard InChI is InChI=1S/C16H24N2O2/c1-16(2,3)8-14(19)11-18-10-12-5-6-13(9-17)15(7-12)20-4/h5-7,14,18-19H,8,10-11H2,1-4H3. The largest absolute Gasteiger partial charge is 0.495 e. The highest BCUT2D eigenvalue weighted by Crippen LogP contribution is 2.21. The van der Waals surface area contributed by atoms with Gasteiger partial charge in [-0.1, -0.05) is 26.8 Å². The van der Waals surface area contributed by atoms with Crippen molar-refractivity contribution < 1.29 is 9.84 Å².